The number of nitrogens with zero attached hydrogens (tertiary/aromatic N) is 6. The molecule has 0 N–H and O–H groups in total. The Bertz CT molecular complexity index is 1290. The lowest BCUT2D eigenvalue weighted by atomic mass is 10.1. The van der Waals surface area contributed by atoms with Crippen molar-refractivity contribution in [1.82, 2.24) is 25.0 Å². The van der Waals surface area contributed by atoms with E-state index in [1.165, 1.54) is 30.0 Å². The van der Waals surface area contributed by atoms with Crippen molar-refractivity contribution in [2.75, 3.05) is 4.90 Å². The van der Waals surface area contributed by atoms with E-state index >= 15 is 0 Å². The third-order valence-electron chi connectivity index (χ3n) is 4.89. The molecule has 3 heterocycles. The average molecular weight is 499 g/mol. The molecule has 1 amide bonds. The molecule has 170 valence electrons. The maximum atomic E-state index is 12.5. The van der Waals surface area contributed by atoms with E-state index in [-0.39, 0.29) is 5.91 Å². The van der Waals surface area contributed by atoms with Crippen molar-refractivity contribution in [1.29, 1.82) is 0 Å². The lowest BCUT2D eigenvalue weighted by molar-refractivity contribution is -0.115. The molecule has 0 radical (unpaired) electrons. The van der Waals surface area contributed by atoms with Gasteiger partial charge in [0.05, 0.1) is 22.1 Å². The van der Waals surface area contributed by atoms with Gasteiger partial charge in [-0.1, -0.05) is 29.4 Å². The molecule has 7 nitrogen and oxygen atoms in total. The summed E-state index contributed by atoms with van der Waals surface area (Å²) in [5.74, 6) is 1.16. The van der Waals surface area contributed by atoms with Crippen LogP contribution >= 0.6 is 34.7 Å². The van der Waals surface area contributed by atoms with E-state index < -0.39 is 0 Å². The highest BCUT2D eigenvalue weighted by atomic mass is 35.5. The average Bonchev–Trinajstić information content (AvgIpc) is 3.34. The summed E-state index contributed by atoms with van der Waals surface area (Å²) in [5, 5.41) is 16.9. The van der Waals surface area contributed by atoms with Crippen molar-refractivity contribution in [3.8, 4) is 5.82 Å². The Morgan fingerprint density at radius 2 is 1.94 bits per heavy atom. The summed E-state index contributed by atoms with van der Waals surface area (Å²) >= 11 is 9.45. The zero-order valence-electron chi connectivity index (χ0n) is 19.0. The van der Waals surface area contributed by atoms with E-state index in [0.29, 0.717) is 27.4 Å². The topological polar surface area (TPSA) is 76.8 Å². The number of carbonyl (C=O) groups excluding carboxylic acids is 1. The number of rotatable bonds is 6. The molecule has 0 fully saturated rings. The van der Waals surface area contributed by atoms with Gasteiger partial charge < -0.3 is 0 Å². The standard InChI is InChI=1S/C23H23ClN6OS2/c1-13-8-14(2)22(19(24)9-13)29(17(5)31)23-25-18(12-33-23)11-32-21-7-6-20(26-27-21)30-16(4)10-15(3)28-30/h6-10,12H,11H2,1-5H3. The summed E-state index contributed by atoms with van der Waals surface area (Å²) in [6, 6.07) is 9.70. The number of halogens is 1. The summed E-state index contributed by atoms with van der Waals surface area (Å²) < 4.78 is 1.78. The smallest absolute Gasteiger partial charge is 0.230 e. The number of amides is 1. The molecule has 0 spiro atoms. The van der Waals surface area contributed by atoms with E-state index in [2.05, 4.69) is 20.3 Å². The third kappa shape index (κ3) is 5.10. The van der Waals surface area contributed by atoms with Crippen LogP contribution in [-0.4, -0.2) is 30.9 Å². The Morgan fingerprint density at radius 1 is 1.15 bits per heavy atom. The first kappa shape index (κ1) is 23.4. The molecule has 3 aromatic heterocycles. The van der Waals surface area contributed by atoms with Crippen LogP contribution in [0, 0.1) is 27.7 Å². The molecule has 0 aliphatic heterocycles. The number of thiazole rings is 1. The largest absolute Gasteiger partial charge is 0.274 e. The Hall–Kier alpha value is -2.75. The van der Waals surface area contributed by atoms with E-state index in [1.807, 2.05) is 63.4 Å². The molecule has 10 heteroatoms. The molecule has 0 atom stereocenters. The number of carbonyl (C=O) groups is 1. The van der Waals surface area contributed by atoms with Crippen molar-refractivity contribution in [2.45, 2.75) is 45.4 Å². The number of benzene rings is 1. The number of aromatic nitrogens is 5. The summed E-state index contributed by atoms with van der Waals surface area (Å²) in [7, 11) is 0. The molecule has 0 saturated heterocycles. The van der Waals surface area contributed by atoms with Gasteiger partial charge >= 0.3 is 0 Å². The summed E-state index contributed by atoms with van der Waals surface area (Å²) in [4.78, 5) is 18.8. The fraction of sp³-hybridized carbons (Fsp3) is 0.261. The van der Waals surface area contributed by atoms with E-state index in [9.17, 15) is 4.79 Å². The van der Waals surface area contributed by atoms with Crippen molar-refractivity contribution < 1.29 is 4.79 Å². The van der Waals surface area contributed by atoms with Crippen LogP contribution in [0.2, 0.25) is 5.02 Å². The van der Waals surface area contributed by atoms with Gasteiger partial charge in [0, 0.05) is 23.8 Å². The van der Waals surface area contributed by atoms with Crippen LogP contribution in [0.5, 0.6) is 0 Å². The van der Waals surface area contributed by atoms with E-state index in [1.54, 1.807) is 9.58 Å². The minimum absolute atomic E-state index is 0.136. The molecular formula is C23H23ClN6OS2. The van der Waals surface area contributed by atoms with E-state index in [4.69, 9.17) is 11.6 Å². The summed E-state index contributed by atoms with van der Waals surface area (Å²) in [6.07, 6.45) is 0. The maximum Gasteiger partial charge on any atom is 0.230 e. The minimum atomic E-state index is -0.136. The van der Waals surface area contributed by atoms with Crippen LogP contribution in [0.1, 0.15) is 35.1 Å². The quantitative estimate of drug-likeness (QED) is 0.304. The van der Waals surface area contributed by atoms with Gasteiger partial charge in [-0.05, 0) is 63.1 Å². The Labute approximate surface area is 205 Å². The first-order valence-corrected chi connectivity index (χ1v) is 12.5. The molecule has 33 heavy (non-hydrogen) atoms. The van der Waals surface area contributed by atoms with Crippen molar-refractivity contribution in [3.05, 3.63) is 68.9 Å². The second-order valence-corrected chi connectivity index (χ2v) is 9.98. The SMILES string of the molecule is CC(=O)N(c1nc(CSc2ccc(-n3nc(C)cc3C)nn2)cs1)c1c(C)cc(C)cc1Cl. The van der Waals surface area contributed by atoms with Crippen LogP contribution in [-0.2, 0) is 10.5 Å². The predicted octanol–water partition coefficient (Wildman–Crippen LogP) is 5.98. The van der Waals surface area contributed by atoms with Gasteiger partial charge in [0.2, 0.25) is 5.91 Å². The minimum Gasteiger partial charge on any atom is -0.274 e. The van der Waals surface area contributed by atoms with Crippen molar-refractivity contribution in [3.63, 3.8) is 0 Å². The highest BCUT2D eigenvalue weighted by molar-refractivity contribution is 7.98. The van der Waals surface area contributed by atoms with Crippen molar-refractivity contribution >= 4 is 51.4 Å². The highest BCUT2D eigenvalue weighted by Crippen LogP contribution is 2.38. The molecule has 0 bridgehead atoms. The second kappa shape index (κ2) is 9.62. The van der Waals surface area contributed by atoms with Gasteiger partial charge in [-0.2, -0.15) is 5.10 Å². The fourth-order valence-corrected chi connectivity index (χ4v) is 5.65. The Kier molecular flexibility index (Phi) is 6.83. The van der Waals surface area contributed by atoms with Gasteiger partial charge in [0.1, 0.15) is 5.03 Å². The van der Waals surface area contributed by atoms with Crippen molar-refractivity contribution in [2.24, 2.45) is 0 Å². The zero-order chi connectivity index (χ0) is 23.7. The molecule has 4 rings (SSSR count). The van der Waals surface area contributed by atoms with Gasteiger partial charge in [0.15, 0.2) is 10.9 Å². The molecule has 4 aromatic rings. The van der Waals surface area contributed by atoms with Crippen LogP contribution in [0.4, 0.5) is 10.8 Å². The van der Waals surface area contributed by atoms with Gasteiger partial charge in [0.25, 0.3) is 0 Å². The van der Waals surface area contributed by atoms with Gasteiger partial charge in [-0.15, -0.1) is 21.5 Å². The summed E-state index contributed by atoms with van der Waals surface area (Å²) in [6.45, 7) is 9.38. The monoisotopic (exact) mass is 498 g/mol. The number of anilines is 2. The first-order chi connectivity index (χ1) is 15.7. The number of hydrogen-bond donors (Lipinski definition) is 0. The Morgan fingerprint density at radius 3 is 2.55 bits per heavy atom. The summed E-state index contributed by atoms with van der Waals surface area (Å²) in [5.41, 5.74) is 5.46. The lowest BCUT2D eigenvalue weighted by Gasteiger charge is -2.22. The molecule has 0 saturated carbocycles. The number of hydrogen-bond acceptors (Lipinski definition) is 7. The highest BCUT2D eigenvalue weighted by Gasteiger charge is 2.22. The fourth-order valence-electron chi connectivity index (χ4n) is 3.56. The maximum absolute atomic E-state index is 12.5. The molecule has 0 aliphatic rings. The van der Waals surface area contributed by atoms with Crippen LogP contribution in [0.3, 0.4) is 0 Å². The normalized spacial score (nSPS) is 11.1. The van der Waals surface area contributed by atoms with E-state index in [0.717, 1.165) is 33.2 Å². The number of aryl methyl sites for hydroxylation is 4. The first-order valence-electron chi connectivity index (χ1n) is 10.2. The predicted molar refractivity (Wildman–Crippen MR) is 134 cm³/mol. The molecule has 0 aliphatic carbocycles. The van der Waals surface area contributed by atoms with Crippen LogP contribution < -0.4 is 4.90 Å². The molecule has 0 unspecified atom stereocenters. The lowest BCUT2D eigenvalue weighted by Crippen LogP contribution is -2.24. The second-order valence-electron chi connectivity index (χ2n) is 7.75. The molecular weight excluding hydrogens is 476 g/mol. The zero-order valence-corrected chi connectivity index (χ0v) is 21.3. The Balaban J connectivity index is 1.49. The molecule has 1 aromatic carbocycles. The van der Waals surface area contributed by atoms with Crippen LogP contribution in [0.15, 0.2) is 40.7 Å². The third-order valence-corrected chi connectivity index (χ3v) is 7.00. The van der Waals surface area contributed by atoms with Gasteiger partial charge in [-0.25, -0.2) is 9.67 Å². The van der Waals surface area contributed by atoms with Gasteiger partial charge in [-0.3, -0.25) is 9.69 Å². The van der Waals surface area contributed by atoms with Crippen LogP contribution in [0.25, 0.3) is 5.82 Å². The number of thioether (sulfide) groups is 1.